The fourth-order valence-corrected chi connectivity index (χ4v) is 3.10. The second-order valence-electron chi connectivity index (χ2n) is 6.35. The predicted molar refractivity (Wildman–Crippen MR) is 109 cm³/mol. The molecule has 6 N–H and O–H groups in total. The Morgan fingerprint density at radius 1 is 0.966 bits per heavy atom. The van der Waals surface area contributed by atoms with E-state index in [1.54, 1.807) is 19.4 Å². The van der Waals surface area contributed by atoms with Crippen LogP contribution in [0.3, 0.4) is 0 Å². The van der Waals surface area contributed by atoms with Gasteiger partial charge in [0.15, 0.2) is 5.82 Å². The zero-order valence-electron chi connectivity index (χ0n) is 15.9. The highest BCUT2D eigenvalue weighted by molar-refractivity contribution is 5.86. The minimum Gasteiger partial charge on any atom is -0.481 e. The first-order valence-electron chi connectivity index (χ1n) is 8.96. The molecule has 0 aromatic carbocycles. The highest BCUT2D eigenvalue weighted by Gasteiger charge is 2.23. The molecule has 0 saturated carbocycles. The van der Waals surface area contributed by atoms with Crippen molar-refractivity contribution in [2.45, 2.75) is 0 Å². The Bertz CT molecular complexity index is 1020. The summed E-state index contributed by atoms with van der Waals surface area (Å²) in [5.74, 6) is 2.05. The summed E-state index contributed by atoms with van der Waals surface area (Å²) < 4.78 is 10.6. The Kier molecular flexibility index (Phi) is 4.96. The molecule has 3 aromatic heterocycles. The Morgan fingerprint density at radius 2 is 1.76 bits per heavy atom. The number of methoxy groups -OCH3 is 1. The van der Waals surface area contributed by atoms with Gasteiger partial charge in [-0.1, -0.05) is 0 Å². The van der Waals surface area contributed by atoms with Crippen molar-refractivity contribution in [3.63, 3.8) is 0 Å². The van der Waals surface area contributed by atoms with Crippen molar-refractivity contribution in [1.82, 2.24) is 24.9 Å². The maximum Gasteiger partial charge on any atom is 0.221 e. The van der Waals surface area contributed by atoms with Crippen molar-refractivity contribution in [3.8, 4) is 28.4 Å². The SMILES string of the molecule is COc1ccc(-c2c(N)nc(-c3cnc(N)nc3N)nc2N2CCOCC2)cn1. The topological polar surface area (TPSA) is 164 Å². The van der Waals surface area contributed by atoms with Crippen molar-refractivity contribution >= 4 is 23.4 Å². The second-order valence-corrected chi connectivity index (χ2v) is 6.35. The van der Waals surface area contributed by atoms with Crippen LogP contribution < -0.4 is 26.8 Å². The summed E-state index contributed by atoms with van der Waals surface area (Å²) in [6.07, 6.45) is 3.17. The molecule has 0 atom stereocenters. The van der Waals surface area contributed by atoms with Gasteiger partial charge < -0.3 is 31.6 Å². The molecule has 3 aromatic rings. The van der Waals surface area contributed by atoms with E-state index in [1.807, 2.05) is 6.07 Å². The molecular weight excluding hydrogens is 374 g/mol. The maximum atomic E-state index is 6.37. The van der Waals surface area contributed by atoms with Gasteiger partial charge in [-0.25, -0.2) is 19.9 Å². The van der Waals surface area contributed by atoms with Crippen LogP contribution in [0.25, 0.3) is 22.5 Å². The number of aromatic nitrogens is 5. The summed E-state index contributed by atoms with van der Waals surface area (Å²) in [4.78, 5) is 23.6. The van der Waals surface area contributed by atoms with Crippen LogP contribution in [0.5, 0.6) is 5.88 Å². The zero-order chi connectivity index (χ0) is 20.4. The summed E-state index contributed by atoms with van der Waals surface area (Å²) in [5, 5.41) is 0. The number of rotatable bonds is 4. The van der Waals surface area contributed by atoms with Crippen molar-refractivity contribution in [2.24, 2.45) is 0 Å². The fourth-order valence-electron chi connectivity index (χ4n) is 3.10. The third-order valence-electron chi connectivity index (χ3n) is 4.54. The average Bonchev–Trinajstić information content (AvgIpc) is 2.74. The van der Waals surface area contributed by atoms with Gasteiger partial charge in [-0.05, 0) is 6.07 Å². The molecule has 1 fully saturated rings. The van der Waals surface area contributed by atoms with E-state index in [4.69, 9.17) is 31.7 Å². The standard InChI is InChI=1S/C18H21N9O2/c1-28-12-3-2-10(8-22-12)13-15(20)24-16(11-9-23-18(21)25-14(11)19)26-17(13)27-4-6-29-7-5-27/h2-3,8-9H,4-7H2,1H3,(H2,20,24,26)(H4,19,21,23,25). The average molecular weight is 395 g/mol. The molecule has 0 spiro atoms. The highest BCUT2D eigenvalue weighted by Crippen LogP contribution is 2.36. The van der Waals surface area contributed by atoms with E-state index in [-0.39, 0.29) is 11.8 Å². The van der Waals surface area contributed by atoms with E-state index in [0.717, 1.165) is 5.56 Å². The predicted octanol–water partition coefficient (Wildman–Crippen LogP) is 0.587. The van der Waals surface area contributed by atoms with Gasteiger partial charge in [-0.2, -0.15) is 4.98 Å². The molecule has 4 heterocycles. The summed E-state index contributed by atoms with van der Waals surface area (Å²) in [6, 6.07) is 3.63. The Labute approximate surface area is 166 Å². The number of nitrogens with two attached hydrogens (primary N) is 3. The normalized spacial score (nSPS) is 14.0. The van der Waals surface area contributed by atoms with Gasteiger partial charge in [0.1, 0.15) is 17.5 Å². The van der Waals surface area contributed by atoms with Crippen molar-refractivity contribution in [2.75, 3.05) is 55.5 Å². The third kappa shape index (κ3) is 3.67. The number of pyridine rings is 1. The lowest BCUT2D eigenvalue weighted by Crippen LogP contribution is -2.37. The van der Waals surface area contributed by atoms with Gasteiger partial charge >= 0.3 is 0 Å². The third-order valence-corrected chi connectivity index (χ3v) is 4.54. The van der Waals surface area contributed by atoms with Crippen molar-refractivity contribution in [3.05, 3.63) is 24.5 Å². The highest BCUT2D eigenvalue weighted by atomic mass is 16.5. The molecule has 0 aliphatic carbocycles. The van der Waals surface area contributed by atoms with Gasteiger partial charge in [0.25, 0.3) is 0 Å². The molecule has 0 radical (unpaired) electrons. The van der Waals surface area contributed by atoms with Crippen LogP contribution in [0.1, 0.15) is 0 Å². The van der Waals surface area contributed by atoms with Crippen molar-refractivity contribution < 1.29 is 9.47 Å². The van der Waals surface area contributed by atoms with Gasteiger partial charge in [0.2, 0.25) is 11.8 Å². The number of nitrogens with zero attached hydrogens (tertiary/aromatic N) is 6. The van der Waals surface area contributed by atoms with Crippen LogP contribution in [-0.4, -0.2) is 58.3 Å². The molecule has 29 heavy (non-hydrogen) atoms. The molecule has 4 rings (SSSR count). The lowest BCUT2D eigenvalue weighted by molar-refractivity contribution is 0.122. The Balaban J connectivity index is 1.87. The van der Waals surface area contributed by atoms with Crippen LogP contribution in [0.15, 0.2) is 24.5 Å². The summed E-state index contributed by atoms with van der Waals surface area (Å²) >= 11 is 0. The lowest BCUT2D eigenvalue weighted by Gasteiger charge is -2.30. The number of nitrogen functional groups attached to an aromatic ring is 3. The smallest absolute Gasteiger partial charge is 0.221 e. The zero-order valence-corrected chi connectivity index (χ0v) is 15.9. The van der Waals surface area contributed by atoms with E-state index in [0.29, 0.717) is 60.8 Å². The van der Waals surface area contributed by atoms with Gasteiger partial charge in [-0.3, -0.25) is 0 Å². The van der Waals surface area contributed by atoms with E-state index < -0.39 is 0 Å². The monoisotopic (exact) mass is 395 g/mol. The van der Waals surface area contributed by atoms with Crippen molar-refractivity contribution in [1.29, 1.82) is 0 Å². The lowest BCUT2D eigenvalue weighted by atomic mass is 10.1. The Morgan fingerprint density at radius 3 is 2.41 bits per heavy atom. The number of morpholine rings is 1. The summed E-state index contributed by atoms with van der Waals surface area (Å²) in [7, 11) is 1.56. The molecule has 150 valence electrons. The van der Waals surface area contributed by atoms with E-state index in [2.05, 4.69) is 24.8 Å². The molecular formula is C18H21N9O2. The molecule has 11 nitrogen and oxygen atoms in total. The number of hydrogen-bond donors (Lipinski definition) is 3. The van der Waals surface area contributed by atoms with Gasteiger partial charge in [-0.15, -0.1) is 0 Å². The summed E-state index contributed by atoms with van der Waals surface area (Å²) in [5.41, 5.74) is 19.9. The first-order valence-corrected chi connectivity index (χ1v) is 8.96. The molecule has 1 aliphatic heterocycles. The minimum atomic E-state index is 0.0774. The minimum absolute atomic E-state index is 0.0774. The first-order chi connectivity index (χ1) is 14.1. The molecule has 11 heteroatoms. The molecule has 1 aliphatic rings. The molecule has 1 saturated heterocycles. The largest absolute Gasteiger partial charge is 0.481 e. The van der Waals surface area contributed by atoms with Crippen LogP contribution in [0.4, 0.5) is 23.4 Å². The van der Waals surface area contributed by atoms with E-state index in [1.165, 1.54) is 6.20 Å². The molecule has 0 amide bonds. The molecule has 0 unspecified atom stereocenters. The van der Waals surface area contributed by atoms with E-state index in [9.17, 15) is 0 Å². The van der Waals surface area contributed by atoms with Crippen LogP contribution in [0.2, 0.25) is 0 Å². The Hall–Kier alpha value is -3.73. The van der Waals surface area contributed by atoms with Crippen LogP contribution in [0, 0.1) is 0 Å². The number of hydrogen-bond acceptors (Lipinski definition) is 11. The molecule has 0 bridgehead atoms. The fraction of sp³-hybridized carbons (Fsp3) is 0.278. The maximum absolute atomic E-state index is 6.37. The quantitative estimate of drug-likeness (QED) is 0.566. The number of ether oxygens (including phenoxy) is 2. The first kappa shape index (κ1) is 18.6. The van der Waals surface area contributed by atoms with Gasteiger partial charge in [0.05, 0.1) is 31.5 Å². The van der Waals surface area contributed by atoms with E-state index >= 15 is 0 Å². The second kappa shape index (κ2) is 7.72. The number of anilines is 4. The van der Waals surface area contributed by atoms with Gasteiger partial charge in [0, 0.05) is 37.1 Å². The van der Waals surface area contributed by atoms with Crippen LogP contribution >= 0.6 is 0 Å². The summed E-state index contributed by atoms with van der Waals surface area (Å²) in [6.45, 7) is 2.51. The van der Waals surface area contributed by atoms with Crippen LogP contribution in [-0.2, 0) is 4.74 Å².